The molecule has 0 atom stereocenters. The van der Waals surface area contributed by atoms with Gasteiger partial charge in [-0.3, -0.25) is 0 Å². The van der Waals surface area contributed by atoms with E-state index in [1.807, 2.05) is 6.07 Å². The first kappa shape index (κ1) is 16.3. The van der Waals surface area contributed by atoms with E-state index >= 15 is 0 Å². The first-order valence-electron chi connectivity index (χ1n) is 9.51. The molecular weight excluding hydrogens is 336 g/mol. The second kappa shape index (κ2) is 7.00. The van der Waals surface area contributed by atoms with E-state index in [9.17, 15) is 0 Å². The van der Waals surface area contributed by atoms with Gasteiger partial charge in [0.1, 0.15) is 5.82 Å². The third-order valence-corrected chi connectivity index (χ3v) is 5.23. The van der Waals surface area contributed by atoms with Crippen molar-refractivity contribution < 1.29 is 4.74 Å². The number of ether oxygens (including phenoxy) is 1. The zero-order valence-corrected chi connectivity index (χ0v) is 15.2. The van der Waals surface area contributed by atoms with E-state index in [2.05, 4.69) is 64.4 Å². The fourth-order valence-electron chi connectivity index (χ4n) is 3.80. The zero-order valence-electron chi connectivity index (χ0n) is 15.2. The Bertz CT molecular complexity index is 938. The van der Waals surface area contributed by atoms with Crippen molar-refractivity contribution in [1.29, 1.82) is 0 Å². The van der Waals surface area contributed by atoms with Crippen LogP contribution in [0.1, 0.15) is 5.56 Å². The standard InChI is InChI=1S/C22H22N4O/c1-2-6-17(7-3-1)19-16-21(25-12-14-27-15-13-25)24-22(23-19)26-11-10-18-8-4-5-9-20(18)26/h1-9,16H,10-15H2. The van der Waals surface area contributed by atoms with Crippen molar-refractivity contribution in [3.05, 3.63) is 66.2 Å². The van der Waals surface area contributed by atoms with Crippen LogP contribution in [0.15, 0.2) is 60.7 Å². The van der Waals surface area contributed by atoms with Crippen LogP contribution in [0.4, 0.5) is 17.5 Å². The molecule has 0 amide bonds. The fourth-order valence-corrected chi connectivity index (χ4v) is 3.80. The van der Waals surface area contributed by atoms with Crippen LogP contribution in [0.2, 0.25) is 0 Å². The van der Waals surface area contributed by atoms with Crippen LogP contribution < -0.4 is 9.80 Å². The monoisotopic (exact) mass is 358 g/mol. The van der Waals surface area contributed by atoms with Crippen LogP contribution in [0.5, 0.6) is 0 Å². The highest BCUT2D eigenvalue weighted by molar-refractivity contribution is 5.70. The van der Waals surface area contributed by atoms with E-state index in [-0.39, 0.29) is 0 Å². The molecule has 0 unspecified atom stereocenters. The van der Waals surface area contributed by atoms with Gasteiger partial charge in [0.15, 0.2) is 0 Å². The quantitative estimate of drug-likeness (QED) is 0.714. The van der Waals surface area contributed by atoms with Crippen molar-refractivity contribution in [3.8, 4) is 11.3 Å². The highest BCUT2D eigenvalue weighted by atomic mass is 16.5. The molecule has 0 radical (unpaired) electrons. The summed E-state index contributed by atoms with van der Waals surface area (Å²) in [5.74, 6) is 1.76. The van der Waals surface area contributed by atoms with Gasteiger partial charge >= 0.3 is 0 Å². The van der Waals surface area contributed by atoms with Crippen molar-refractivity contribution in [2.75, 3.05) is 42.6 Å². The summed E-state index contributed by atoms with van der Waals surface area (Å²) >= 11 is 0. The summed E-state index contributed by atoms with van der Waals surface area (Å²) in [4.78, 5) is 14.4. The van der Waals surface area contributed by atoms with Crippen LogP contribution in [-0.4, -0.2) is 42.8 Å². The van der Waals surface area contributed by atoms with Gasteiger partial charge in [-0.05, 0) is 18.1 Å². The Morgan fingerprint density at radius 2 is 1.59 bits per heavy atom. The molecule has 2 aromatic carbocycles. The molecule has 1 aromatic heterocycles. The average Bonchev–Trinajstić information content (AvgIpc) is 3.19. The van der Waals surface area contributed by atoms with Crippen LogP contribution in [0.3, 0.4) is 0 Å². The van der Waals surface area contributed by atoms with Crippen molar-refractivity contribution in [2.45, 2.75) is 6.42 Å². The number of rotatable bonds is 3. The number of nitrogens with zero attached hydrogens (tertiary/aromatic N) is 4. The first-order chi connectivity index (χ1) is 13.4. The predicted molar refractivity (Wildman–Crippen MR) is 108 cm³/mol. The van der Waals surface area contributed by atoms with Gasteiger partial charge in [0.25, 0.3) is 0 Å². The van der Waals surface area contributed by atoms with Crippen LogP contribution >= 0.6 is 0 Å². The van der Waals surface area contributed by atoms with Gasteiger partial charge in [-0.15, -0.1) is 0 Å². The van der Waals surface area contributed by atoms with E-state index in [1.165, 1.54) is 11.3 Å². The maximum atomic E-state index is 5.52. The maximum absolute atomic E-state index is 5.52. The van der Waals surface area contributed by atoms with Crippen molar-refractivity contribution in [2.24, 2.45) is 0 Å². The first-order valence-corrected chi connectivity index (χ1v) is 9.51. The highest BCUT2D eigenvalue weighted by Gasteiger charge is 2.24. The fraction of sp³-hybridized carbons (Fsp3) is 0.273. The number of anilines is 3. The Hall–Kier alpha value is -2.92. The minimum atomic E-state index is 0.743. The second-order valence-corrected chi connectivity index (χ2v) is 6.91. The Morgan fingerprint density at radius 3 is 2.44 bits per heavy atom. The number of morpholine rings is 1. The van der Waals surface area contributed by atoms with Gasteiger partial charge in [0, 0.05) is 37.0 Å². The minimum Gasteiger partial charge on any atom is -0.378 e. The van der Waals surface area contributed by atoms with Gasteiger partial charge in [-0.25, -0.2) is 4.98 Å². The van der Waals surface area contributed by atoms with Crippen molar-refractivity contribution in [1.82, 2.24) is 9.97 Å². The summed E-state index contributed by atoms with van der Waals surface area (Å²) < 4.78 is 5.52. The molecule has 0 aliphatic carbocycles. The molecule has 2 aliphatic rings. The third kappa shape index (κ3) is 3.15. The molecule has 1 fully saturated rings. The molecule has 136 valence electrons. The largest absolute Gasteiger partial charge is 0.378 e. The van der Waals surface area contributed by atoms with E-state index in [1.54, 1.807) is 0 Å². The summed E-state index contributed by atoms with van der Waals surface area (Å²) in [5.41, 5.74) is 4.66. The van der Waals surface area contributed by atoms with Gasteiger partial charge < -0.3 is 14.5 Å². The molecule has 0 saturated carbocycles. The summed E-state index contributed by atoms with van der Waals surface area (Å²) in [7, 11) is 0. The Labute approximate surface area is 159 Å². The summed E-state index contributed by atoms with van der Waals surface area (Å²) in [6.45, 7) is 4.13. The van der Waals surface area contributed by atoms with E-state index in [0.717, 1.165) is 62.3 Å². The number of benzene rings is 2. The average molecular weight is 358 g/mol. The Balaban J connectivity index is 1.60. The number of hydrogen-bond donors (Lipinski definition) is 0. The topological polar surface area (TPSA) is 41.5 Å². The van der Waals surface area contributed by atoms with E-state index in [4.69, 9.17) is 14.7 Å². The molecule has 5 rings (SSSR count). The van der Waals surface area contributed by atoms with Crippen LogP contribution in [-0.2, 0) is 11.2 Å². The molecule has 3 aromatic rings. The van der Waals surface area contributed by atoms with Gasteiger partial charge in [0.05, 0.1) is 18.9 Å². The number of hydrogen-bond acceptors (Lipinski definition) is 5. The number of aromatic nitrogens is 2. The minimum absolute atomic E-state index is 0.743. The van der Waals surface area contributed by atoms with Crippen molar-refractivity contribution >= 4 is 17.5 Å². The molecule has 0 N–H and O–H groups in total. The lowest BCUT2D eigenvalue weighted by atomic mass is 10.1. The maximum Gasteiger partial charge on any atom is 0.232 e. The van der Waals surface area contributed by atoms with Gasteiger partial charge in [0.2, 0.25) is 5.95 Å². The predicted octanol–water partition coefficient (Wildman–Crippen LogP) is 3.67. The third-order valence-electron chi connectivity index (χ3n) is 5.23. The second-order valence-electron chi connectivity index (χ2n) is 6.91. The molecule has 0 bridgehead atoms. The summed E-state index contributed by atoms with van der Waals surface area (Å²) in [6, 6.07) is 21.0. The zero-order chi connectivity index (χ0) is 18.1. The summed E-state index contributed by atoms with van der Waals surface area (Å²) in [6.07, 6.45) is 1.03. The number of para-hydroxylation sites is 1. The molecular formula is C22H22N4O. The molecule has 3 heterocycles. The molecule has 5 heteroatoms. The van der Waals surface area contributed by atoms with E-state index < -0.39 is 0 Å². The van der Waals surface area contributed by atoms with Gasteiger partial charge in [-0.2, -0.15) is 4.98 Å². The van der Waals surface area contributed by atoms with E-state index in [0.29, 0.717) is 0 Å². The smallest absolute Gasteiger partial charge is 0.232 e. The lowest BCUT2D eigenvalue weighted by Gasteiger charge is -2.29. The number of fused-ring (bicyclic) bond motifs is 1. The normalized spacial score (nSPS) is 16.4. The highest BCUT2D eigenvalue weighted by Crippen LogP contribution is 2.34. The molecule has 1 saturated heterocycles. The SMILES string of the molecule is c1ccc(-c2cc(N3CCOCC3)nc(N3CCc4ccccc43)n2)cc1. The lowest BCUT2D eigenvalue weighted by Crippen LogP contribution is -2.37. The molecule has 2 aliphatic heterocycles. The van der Waals surface area contributed by atoms with Gasteiger partial charge in [-0.1, -0.05) is 48.5 Å². The van der Waals surface area contributed by atoms with Crippen LogP contribution in [0.25, 0.3) is 11.3 Å². The Morgan fingerprint density at radius 1 is 0.815 bits per heavy atom. The molecule has 5 nitrogen and oxygen atoms in total. The lowest BCUT2D eigenvalue weighted by molar-refractivity contribution is 0.122. The molecule has 27 heavy (non-hydrogen) atoms. The molecule has 0 spiro atoms. The van der Waals surface area contributed by atoms with Crippen LogP contribution in [0, 0.1) is 0 Å². The van der Waals surface area contributed by atoms with Crippen molar-refractivity contribution in [3.63, 3.8) is 0 Å². The summed E-state index contributed by atoms with van der Waals surface area (Å²) in [5, 5.41) is 0. The Kier molecular flexibility index (Phi) is 4.22.